The van der Waals surface area contributed by atoms with E-state index < -0.39 is 23.0 Å². The second-order valence-electron chi connectivity index (χ2n) is 3.66. The molecule has 0 aromatic heterocycles. The Morgan fingerprint density at radius 1 is 1.06 bits per heavy atom. The second kappa shape index (κ2) is 4.96. The molecule has 0 fully saturated rings. The van der Waals surface area contributed by atoms with E-state index in [2.05, 4.69) is 0 Å². The fourth-order valence-corrected chi connectivity index (χ4v) is 1.62. The lowest BCUT2D eigenvalue weighted by Crippen LogP contribution is -2.07. The van der Waals surface area contributed by atoms with Gasteiger partial charge in [0.05, 0.1) is 12.7 Å². The van der Waals surface area contributed by atoms with Crippen LogP contribution in [-0.2, 0) is 0 Å². The summed E-state index contributed by atoms with van der Waals surface area (Å²) in [5.41, 5.74) is -0.331. The lowest BCUT2D eigenvalue weighted by molar-refractivity contribution is 0.103. The van der Waals surface area contributed by atoms with E-state index in [4.69, 9.17) is 4.74 Å². The van der Waals surface area contributed by atoms with Crippen LogP contribution >= 0.6 is 0 Å². The quantitative estimate of drug-likeness (QED) is 0.780. The van der Waals surface area contributed by atoms with Gasteiger partial charge in [0.15, 0.2) is 5.78 Å². The van der Waals surface area contributed by atoms with E-state index >= 15 is 0 Å². The highest BCUT2D eigenvalue weighted by atomic mass is 19.1. The molecule has 0 aliphatic carbocycles. The van der Waals surface area contributed by atoms with Crippen molar-refractivity contribution in [3.63, 3.8) is 0 Å². The molecule has 0 radical (unpaired) electrons. The summed E-state index contributed by atoms with van der Waals surface area (Å²) >= 11 is 0. The largest absolute Gasteiger partial charge is 0.497 e. The number of carbonyl (C=O) groups excluding carboxylic acids is 1. The molecule has 0 spiro atoms. The molecule has 0 aliphatic rings. The van der Waals surface area contributed by atoms with Crippen LogP contribution in [0.2, 0.25) is 0 Å². The van der Waals surface area contributed by atoms with E-state index in [9.17, 15) is 13.6 Å². The molecule has 2 rings (SSSR count). The topological polar surface area (TPSA) is 26.3 Å². The summed E-state index contributed by atoms with van der Waals surface area (Å²) in [4.78, 5) is 12.0. The van der Waals surface area contributed by atoms with Gasteiger partial charge < -0.3 is 4.74 Å². The lowest BCUT2D eigenvalue weighted by atomic mass is 10.0. The van der Waals surface area contributed by atoms with Crippen molar-refractivity contribution < 1.29 is 18.3 Å². The van der Waals surface area contributed by atoms with Gasteiger partial charge >= 0.3 is 0 Å². The van der Waals surface area contributed by atoms with Crippen LogP contribution in [0.3, 0.4) is 0 Å². The first kappa shape index (κ1) is 12.2. The van der Waals surface area contributed by atoms with Gasteiger partial charge in [-0.3, -0.25) is 4.79 Å². The SMILES string of the molecule is COc1cc(F)c(C(=O)c2ccccc2)c(F)c1. The Hall–Kier alpha value is -2.23. The van der Waals surface area contributed by atoms with Crippen molar-refractivity contribution in [2.45, 2.75) is 0 Å². The highest BCUT2D eigenvalue weighted by molar-refractivity contribution is 6.09. The molecular weight excluding hydrogens is 238 g/mol. The number of benzene rings is 2. The first-order valence-corrected chi connectivity index (χ1v) is 5.26. The minimum atomic E-state index is -0.930. The number of ether oxygens (including phenoxy) is 1. The van der Waals surface area contributed by atoms with E-state index in [1.54, 1.807) is 18.2 Å². The van der Waals surface area contributed by atoms with Crippen LogP contribution in [-0.4, -0.2) is 12.9 Å². The molecule has 0 bridgehead atoms. The monoisotopic (exact) mass is 248 g/mol. The summed E-state index contributed by atoms with van der Waals surface area (Å²) in [7, 11) is 1.30. The van der Waals surface area contributed by atoms with Gasteiger partial charge in [-0.1, -0.05) is 30.3 Å². The van der Waals surface area contributed by atoms with Gasteiger partial charge in [-0.05, 0) is 0 Å². The molecule has 2 aromatic carbocycles. The van der Waals surface area contributed by atoms with Gasteiger partial charge in [0.25, 0.3) is 0 Å². The fourth-order valence-electron chi connectivity index (χ4n) is 1.62. The number of rotatable bonds is 3. The molecule has 4 heteroatoms. The van der Waals surface area contributed by atoms with Crippen LogP contribution in [0.5, 0.6) is 5.75 Å². The summed E-state index contributed by atoms with van der Waals surface area (Å²) in [5.74, 6) is -2.51. The van der Waals surface area contributed by atoms with Crippen molar-refractivity contribution in [2.75, 3.05) is 7.11 Å². The molecule has 2 aromatic rings. The maximum Gasteiger partial charge on any atom is 0.198 e. The van der Waals surface area contributed by atoms with Crippen molar-refractivity contribution in [3.8, 4) is 5.75 Å². The molecule has 0 aliphatic heterocycles. The Kier molecular flexibility index (Phi) is 3.37. The van der Waals surface area contributed by atoms with E-state index in [1.165, 1.54) is 19.2 Å². The molecule has 0 atom stereocenters. The molecule has 2 nitrogen and oxygen atoms in total. The van der Waals surface area contributed by atoms with Crippen LogP contribution in [0.4, 0.5) is 8.78 Å². The maximum atomic E-state index is 13.7. The second-order valence-corrected chi connectivity index (χ2v) is 3.66. The first-order valence-electron chi connectivity index (χ1n) is 5.26. The van der Waals surface area contributed by atoms with Crippen LogP contribution in [0.25, 0.3) is 0 Å². The van der Waals surface area contributed by atoms with Gasteiger partial charge in [-0.25, -0.2) is 8.78 Å². The van der Waals surface area contributed by atoms with E-state index in [1.807, 2.05) is 0 Å². The molecule has 0 N–H and O–H groups in total. The Morgan fingerprint density at radius 3 is 2.11 bits per heavy atom. The van der Waals surface area contributed by atoms with Crippen LogP contribution in [0, 0.1) is 11.6 Å². The summed E-state index contributed by atoms with van der Waals surface area (Å²) in [6.07, 6.45) is 0. The van der Waals surface area contributed by atoms with Crippen LogP contribution < -0.4 is 4.74 Å². The van der Waals surface area contributed by atoms with Crippen molar-refractivity contribution in [1.82, 2.24) is 0 Å². The lowest BCUT2D eigenvalue weighted by Gasteiger charge is -2.06. The zero-order valence-electron chi connectivity index (χ0n) is 9.61. The molecule has 0 saturated heterocycles. The molecule has 0 heterocycles. The summed E-state index contributed by atoms with van der Waals surface area (Å²) in [5, 5.41) is 0. The molecule has 92 valence electrons. The third-order valence-electron chi connectivity index (χ3n) is 2.51. The molecule has 0 unspecified atom stereocenters. The molecular formula is C14H10F2O2. The van der Waals surface area contributed by atoms with Crippen LogP contribution in [0.15, 0.2) is 42.5 Å². The summed E-state index contributed by atoms with van der Waals surface area (Å²) in [6.45, 7) is 0. The maximum absolute atomic E-state index is 13.7. The average molecular weight is 248 g/mol. The van der Waals surface area contributed by atoms with Gasteiger partial charge in [0, 0.05) is 17.7 Å². The molecule has 0 amide bonds. The number of ketones is 1. The van der Waals surface area contributed by atoms with Crippen molar-refractivity contribution in [2.24, 2.45) is 0 Å². The number of hydrogen-bond donors (Lipinski definition) is 0. The van der Waals surface area contributed by atoms with Gasteiger partial charge in [-0.2, -0.15) is 0 Å². The van der Waals surface area contributed by atoms with Crippen molar-refractivity contribution in [1.29, 1.82) is 0 Å². The predicted octanol–water partition coefficient (Wildman–Crippen LogP) is 3.20. The third kappa shape index (κ3) is 2.22. The van der Waals surface area contributed by atoms with Gasteiger partial charge in [-0.15, -0.1) is 0 Å². The molecule has 0 saturated carbocycles. The Bertz CT molecular complexity index is 557. The summed E-state index contributed by atoms with van der Waals surface area (Å²) < 4.78 is 32.1. The molecule has 18 heavy (non-hydrogen) atoms. The third-order valence-corrected chi connectivity index (χ3v) is 2.51. The Balaban J connectivity index is 2.49. The Labute approximate surface area is 103 Å². The number of methoxy groups -OCH3 is 1. The van der Waals surface area contributed by atoms with E-state index in [0.717, 1.165) is 12.1 Å². The minimum Gasteiger partial charge on any atom is -0.497 e. The van der Waals surface area contributed by atoms with Crippen molar-refractivity contribution >= 4 is 5.78 Å². The average Bonchev–Trinajstić information content (AvgIpc) is 2.38. The highest BCUT2D eigenvalue weighted by Gasteiger charge is 2.20. The summed E-state index contributed by atoms with van der Waals surface area (Å²) in [6, 6.07) is 9.96. The fraction of sp³-hybridized carbons (Fsp3) is 0.0714. The number of hydrogen-bond acceptors (Lipinski definition) is 2. The number of carbonyl (C=O) groups is 1. The van der Waals surface area contributed by atoms with E-state index in [0.29, 0.717) is 0 Å². The van der Waals surface area contributed by atoms with Crippen molar-refractivity contribution in [3.05, 3.63) is 65.2 Å². The Morgan fingerprint density at radius 2 is 1.61 bits per heavy atom. The highest BCUT2D eigenvalue weighted by Crippen LogP contribution is 2.22. The van der Waals surface area contributed by atoms with E-state index in [-0.39, 0.29) is 11.3 Å². The standard InChI is InChI=1S/C14H10F2O2/c1-18-10-7-11(15)13(12(16)8-10)14(17)9-5-3-2-4-6-9/h2-8H,1H3. The zero-order chi connectivity index (χ0) is 13.1. The first-order chi connectivity index (χ1) is 8.63. The van der Waals surface area contributed by atoms with Gasteiger partial charge in [0.2, 0.25) is 0 Å². The van der Waals surface area contributed by atoms with Gasteiger partial charge in [0.1, 0.15) is 17.4 Å². The smallest absolute Gasteiger partial charge is 0.198 e. The number of halogens is 2. The van der Waals surface area contributed by atoms with Crippen LogP contribution in [0.1, 0.15) is 15.9 Å². The minimum absolute atomic E-state index is 0.0367. The zero-order valence-corrected chi connectivity index (χ0v) is 9.61. The predicted molar refractivity (Wildman–Crippen MR) is 62.8 cm³/mol. The normalized spacial score (nSPS) is 10.2.